The minimum absolute atomic E-state index is 0.0436. The van der Waals surface area contributed by atoms with Gasteiger partial charge in [0.05, 0.1) is 6.54 Å². The first kappa shape index (κ1) is 13.1. The van der Waals surface area contributed by atoms with Crippen LogP contribution in [0.4, 0.5) is 0 Å². The lowest BCUT2D eigenvalue weighted by Crippen LogP contribution is -2.40. The Morgan fingerprint density at radius 3 is 2.69 bits per heavy atom. The van der Waals surface area contributed by atoms with Crippen LogP contribution in [0.2, 0.25) is 0 Å². The predicted molar refractivity (Wildman–Crippen MR) is 66.7 cm³/mol. The van der Waals surface area contributed by atoms with Crippen molar-refractivity contribution in [3.63, 3.8) is 0 Å². The van der Waals surface area contributed by atoms with Crippen molar-refractivity contribution >= 4 is 21.8 Å². The number of aromatic nitrogens is 1. The summed E-state index contributed by atoms with van der Waals surface area (Å²) >= 11 is 3.27. The fourth-order valence-corrected chi connectivity index (χ4v) is 1.61. The first-order chi connectivity index (χ1) is 7.54. The molecule has 2 N–H and O–H groups in total. The molecule has 0 spiro atoms. The van der Waals surface area contributed by atoms with E-state index in [4.69, 9.17) is 5.73 Å². The molecule has 88 valence electrons. The van der Waals surface area contributed by atoms with Gasteiger partial charge >= 0.3 is 0 Å². The third-order valence-electron chi connectivity index (χ3n) is 2.26. The zero-order valence-electron chi connectivity index (χ0n) is 9.48. The molecular weight excluding hydrogens is 270 g/mol. The van der Waals surface area contributed by atoms with E-state index in [9.17, 15) is 4.79 Å². The second-order valence-corrected chi connectivity index (χ2v) is 4.62. The molecular formula is C11H16BrN3O. The SMILES string of the molecule is CC(C)N(Cc1ccc(Br)nc1)C(=O)CN. The lowest BCUT2D eigenvalue weighted by Gasteiger charge is -2.26. The van der Waals surface area contributed by atoms with E-state index in [1.165, 1.54) is 0 Å². The Labute approximate surface area is 104 Å². The highest BCUT2D eigenvalue weighted by Gasteiger charge is 2.15. The Bertz CT molecular complexity index is 351. The van der Waals surface area contributed by atoms with Crippen LogP contribution < -0.4 is 5.73 Å². The van der Waals surface area contributed by atoms with E-state index in [-0.39, 0.29) is 18.5 Å². The van der Waals surface area contributed by atoms with Crippen molar-refractivity contribution in [2.24, 2.45) is 5.73 Å². The maximum atomic E-state index is 11.6. The Kier molecular flexibility index (Phi) is 4.89. The number of nitrogens with two attached hydrogens (primary N) is 1. The van der Waals surface area contributed by atoms with E-state index < -0.39 is 0 Å². The summed E-state index contributed by atoms with van der Waals surface area (Å²) in [5.41, 5.74) is 6.37. The van der Waals surface area contributed by atoms with E-state index >= 15 is 0 Å². The van der Waals surface area contributed by atoms with Crippen LogP contribution in [0.3, 0.4) is 0 Å². The molecule has 0 bridgehead atoms. The molecule has 0 aliphatic heterocycles. The van der Waals surface area contributed by atoms with Gasteiger partial charge in [-0.25, -0.2) is 4.98 Å². The number of rotatable bonds is 4. The summed E-state index contributed by atoms with van der Waals surface area (Å²) < 4.78 is 0.789. The molecule has 1 aromatic heterocycles. The van der Waals surface area contributed by atoms with E-state index in [1.54, 1.807) is 11.1 Å². The van der Waals surface area contributed by atoms with Crippen LogP contribution in [-0.4, -0.2) is 28.4 Å². The fourth-order valence-electron chi connectivity index (χ4n) is 1.37. The Morgan fingerprint density at radius 2 is 2.25 bits per heavy atom. The zero-order valence-corrected chi connectivity index (χ0v) is 11.1. The molecule has 1 aromatic rings. The summed E-state index contributed by atoms with van der Waals surface area (Å²) in [5, 5.41) is 0. The molecule has 16 heavy (non-hydrogen) atoms. The van der Waals surface area contributed by atoms with E-state index in [0.717, 1.165) is 10.2 Å². The van der Waals surface area contributed by atoms with Gasteiger partial charge in [0.1, 0.15) is 4.60 Å². The molecule has 0 aromatic carbocycles. The molecule has 1 rings (SSSR count). The lowest BCUT2D eigenvalue weighted by atomic mass is 10.2. The third kappa shape index (κ3) is 3.57. The first-order valence-electron chi connectivity index (χ1n) is 5.14. The molecule has 1 amide bonds. The lowest BCUT2D eigenvalue weighted by molar-refractivity contribution is -0.132. The van der Waals surface area contributed by atoms with Gasteiger partial charge in [0.25, 0.3) is 0 Å². The number of halogens is 1. The van der Waals surface area contributed by atoms with Crippen molar-refractivity contribution < 1.29 is 4.79 Å². The van der Waals surface area contributed by atoms with Gasteiger partial charge in [0.2, 0.25) is 5.91 Å². The summed E-state index contributed by atoms with van der Waals surface area (Å²) in [6.07, 6.45) is 1.75. The third-order valence-corrected chi connectivity index (χ3v) is 2.73. The van der Waals surface area contributed by atoms with Gasteiger partial charge in [-0.1, -0.05) is 6.07 Å². The van der Waals surface area contributed by atoms with Gasteiger partial charge in [-0.3, -0.25) is 4.79 Å². The molecule has 5 heteroatoms. The van der Waals surface area contributed by atoms with Crippen LogP contribution in [0.1, 0.15) is 19.4 Å². The fraction of sp³-hybridized carbons (Fsp3) is 0.455. The molecule has 0 saturated carbocycles. The molecule has 0 unspecified atom stereocenters. The topological polar surface area (TPSA) is 59.2 Å². The molecule has 0 atom stereocenters. The second-order valence-electron chi connectivity index (χ2n) is 3.81. The molecule has 0 radical (unpaired) electrons. The van der Waals surface area contributed by atoms with Crippen LogP contribution in [0.15, 0.2) is 22.9 Å². The Morgan fingerprint density at radius 1 is 1.56 bits per heavy atom. The van der Waals surface area contributed by atoms with E-state index in [1.807, 2.05) is 26.0 Å². The van der Waals surface area contributed by atoms with Crippen molar-refractivity contribution in [3.8, 4) is 0 Å². The Hall–Kier alpha value is -0.940. The highest BCUT2D eigenvalue weighted by Crippen LogP contribution is 2.10. The maximum absolute atomic E-state index is 11.6. The monoisotopic (exact) mass is 285 g/mol. The minimum Gasteiger partial charge on any atom is -0.335 e. The molecule has 0 aliphatic rings. The standard InChI is InChI=1S/C11H16BrN3O/c1-8(2)15(11(16)5-13)7-9-3-4-10(12)14-6-9/h3-4,6,8H,5,7,13H2,1-2H3. The normalized spacial score (nSPS) is 10.6. The van der Waals surface area contributed by atoms with Crippen molar-refractivity contribution in [1.82, 2.24) is 9.88 Å². The predicted octanol–water partition coefficient (Wildman–Crippen LogP) is 1.54. The maximum Gasteiger partial charge on any atom is 0.236 e. The van der Waals surface area contributed by atoms with Crippen LogP contribution in [0, 0.1) is 0 Å². The Balaban J connectivity index is 2.75. The number of amides is 1. The summed E-state index contributed by atoms with van der Waals surface area (Å²) in [5.74, 6) is -0.0436. The average Bonchev–Trinajstić information content (AvgIpc) is 2.27. The zero-order chi connectivity index (χ0) is 12.1. The summed E-state index contributed by atoms with van der Waals surface area (Å²) in [4.78, 5) is 17.5. The van der Waals surface area contributed by atoms with Gasteiger partial charge in [0.15, 0.2) is 0 Å². The number of pyridine rings is 1. The van der Waals surface area contributed by atoms with Crippen molar-refractivity contribution in [1.29, 1.82) is 0 Å². The molecule has 1 heterocycles. The molecule has 4 nitrogen and oxygen atoms in total. The van der Waals surface area contributed by atoms with Crippen LogP contribution >= 0.6 is 15.9 Å². The van der Waals surface area contributed by atoms with Gasteiger partial charge in [0, 0.05) is 18.8 Å². The van der Waals surface area contributed by atoms with Crippen LogP contribution in [0.25, 0.3) is 0 Å². The van der Waals surface area contributed by atoms with Crippen molar-refractivity contribution in [2.45, 2.75) is 26.4 Å². The quantitative estimate of drug-likeness (QED) is 0.854. The smallest absolute Gasteiger partial charge is 0.236 e. The molecule has 0 fully saturated rings. The number of carbonyl (C=O) groups is 1. The number of hydrogen-bond acceptors (Lipinski definition) is 3. The van der Waals surface area contributed by atoms with E-state index in [2.05, 4.69) is 20.9 Å². The van der Waals surface area contributed by atoms with E-state index in [0.29, 0.717) is 6.54 Å². The summed E-state index contributed by atoms with van der Waals surface area (Å²) in [6, 6.07) is 3.94. The second kappa shape index (κ2) is 5.96. The van der Waals surface area contributed by atoms with Crippen LogP contribution in [0.5, 0.6) is 0 Å². The molecule has 0 aliphatic carbocycles. The highest BCUT2D eigenvalue weighted by atomic mass is 79.9. The first-order valence-corrected chi connectivity index (χ1v) is 5.94. The minimum atomic E-state index is -0.0436. The average molecular weight is 286 g/mol. The number of nitrogens with zero attached hydrogens (tertiary/aromatic N) is 2. The van der Waals surface area contributed by atoms with Gasteiger partial charge in [-0.15, -0.1) is 0 Å². The van der Waals surface area contributed by atoms with Crippen LogP contribution in [-0.2, 0) is 11.3 Å². The number of hydrogen-bond donors (Lipinski definition) is 1. The van der Waals surface area contributed by atoms with Crippen molar-refractivity contribution in [3.05, 3.63) is 28.5 Å². The molecule has 0 saturated heterocycles. The van der Waals surface area contributed by atoms with Crippen molar-refractivity contribution in [2.75, 3.05) is 6.54 Å². The largest absolute Gasteiger partial charge is 0.335 e. The van der Waals surface area contributed by atoms with Gasteiger partial charge < -0.3 is 10.6 Å². The summed E-state index contributed by atoms with van der Waals surface area (Å²) in [6.45, 7) is 4.54. The van der Waals surface area contributed by atoms with Gasteiger partial charge in [-0.05, 0) is 41.4 Å². The number of carbonyl (C=O) groups excluding carboxylic acids is 1. The summed E-state index contributed by atoms with van der Waals surface area (Å²) in [7, 11) is 0. The van der Waals surface area contributed by atoms with Gasteiger partial charge in [-0.2, -0.15) is 0 Å². The highest BCUT2D eigenvalue weighted by molar-refractivity contribution is 9.10.